The number of hydrogen-bond acceptors (Lipinski definition) is 3. The fourth-order valence-corrected chi connectivity index (χ4v) is 1.64. The summed E-state index contributed by atoms with van der Waals surface area (Å²) in [6.45, 7) is 2.54. The average Bonchev–Trinajstić information content (AvgIpc) is 2.42. The van der Waals surface area contributed by atoms with Crippen LogP contribution in [-0.4, -0.2) is 15.7 Å². The van der Waals surface area contributed by atoms with Crippen molar-refractivity contribution in [3.05, 3.63) is 15.9 Å². The molecular weight excluding hydrogens is 293 g/mol. The molecule has 0 unspecified atom stereocenters. The van der Waals surface area contributed by atoms with Gasteiger partial charge in [0, 0.05) is 0 Å². The maximum atomic E-state index is 12.4. The van der Waals surface area contributed by atoms with Crippen molar-refractivity contribution in [2.45, 2.75) is 26.1 Å². The van der Waals surface area contributed by atoms with E-state index in [1.165, 1.54) is 13.8 Å². The Morgan fingerprint density at radius 3 is 2.38 bits per heavy atom. The van der Waals surface area contributed by atoms with E-state index in [1.807, 2.05) is 0 Å². The molecule has 4 nitrogen and oxygen atoms in total. The molecule has 1 atom stereocenters. The van der Waals surface area contributed by atoms with Crippen molar-refractivity contribution >= 4 is 21.9 Å². The Bertz CT molecular complexity index is 428. The third kappa shape index (κ3) is 2.21. The van der Waals surface area contributed by atoms with Crippen LogP contribution < -0.4 is 5.11 Å². The molecular formula is C8H7BrF3N2O2-. The molecule has 0 bridgehead atoms. The average molecular weight is 300 g/mol. The SMILES string of the molecule is Cc1c(Br)c(C(F)(F)F)nn1[C@H](C)C(=O)[O-]. The molecule has 0 spiro atoms. The molecule has 0 saturated heterocycles. The second kappa shape index (κ2) is 4.08. The fourth-order valence-electron chi connectivity index (χ4n) is 1.16. The van der Waals surface area contributed by atoms with Crippen molar-refractivity contribution in [3.8, 4) is 0 Å². The van der Waals surface area contributed by atoms with Gasteiger partial charge in [-0.3, -0.25) is 4.68 Å². The highest BCUT2D eigenvalue weighted by Gasteiger charge is 2.38. The first-order valence-electron chi connectivity index (χ1n) is 4.19. The first-order chi connectivity index (χ1) is 7.16. The Morgan fingerprint density at radius 2 is 2.06 bits per heavy atom. The molecule has 0 radical (unpaired) electrons. The number of halogens is 4. The highest BCUT2D eigenvalue weighted by atomic mass is 79.9. The summed E-state index contributed by atoms with van der Waals surface area (Å²) in [6, 6.07) is -1.26. The molecule has 1 rings (SSSR count). The smallest absolute Gasteiger partial charge is 0.436 e. The maximum absolute atomic E-state index is 12.4. The highest BCUT2D eigenvalue weighted by molar-refractivity contribution is 9.10. The zero-order valence-corrected chi connectivity index (χ0v) is 9.89. The number of alkyl halides is 3. The normalized spacial score (nSPS) is 13.9. The maximum Gasteiger partial charge on any atom is 0.436 e. The molecule has 8 heteroatoms. The molecule has 0 aliphatic carbocycles. The van der Waals surface area contributed by atoms with Crippen LogP contribution in [0.2, 0.25) is 0 Å². The van der Waals surface area contributed by atoms with Gasteiger partial charge in [-0.25, -0.2) is 0 Å². The number of nitrogens with zero attached hydrogens (tertiary/aromatic N) is 2. The summed E-state index contributed by atoms with van der Waals surface area (Å²) in [5.41, 5.74) is -1.05. The second-order valence-electron chi connectivity index (χ2n) is 3.19. The molecule has 1 heterocycles. The second-order valence-corrected chi connectivity index (χ2v) is 3.98. The zero-order chi connectivity index (χ0) is 12.7. The van der Waals surface area contributed by atoms with E-state index in [2.05, 4.69) is 21.0 Å². The number of rotatable bonds is 2. The summed E-state index contributed by atoms with van der Waals surface area (Å²) in [4.78, 5) is 10.6. The van der Waals surface area contributed by atoms with E-state index in [-0.39, 0.29) is 10.2 Å². The quantitative estimate of drug-likeness (QED) is 0.827. The summed E-state index contributed by atoms with van der Waals surface area (Å²) < 4.78 is 37.8. The number of carbonyl (C=O) groups excluding carboxylic acids is 1. The van der Waals surface area contributed by atoms with Crippen LogP contribution >= 0.6 is 15.9 Å². The van der Waals surface area contributed by atoms with Gasteiger partial charge in [-0.05, 0) is 29.8 Å². The van der Waals surface area contributed by atoms with Crippen molar-refractivity contribution in [1.29, 1.82) is 0 Å². The zero-order valence-electron chi connectivity index (χ0n) is 8.30. The Morgan fingerprint density at radius 1 is 1.56 bits per heavy atom. The van der Waals surface area contributed by atoms with Crippen molar-refractivity contribution in [1.82, 2.24) is 9.78 Å². The van der Waals surface area contributed by atoms with Gasteiger partial charge in [-0.2, -0.15) is 18.3 Å². The van der Waals surface area contributed by atoms with E-state index >= 15 is 0 Å². The van der Waals surface area contributed by atoms with E-state index in [0.29, 0.717) is 0 Å². The van der Waals surface area contributed by atoms with Crippen molar-refractivity contribution in [2.24, 2.45) is 0 Å². The van der Waals surface area contributed by atoms with Crippen LogP contribution in [0.4, 0.5) is 13.2 Å². The van der Waals surface area contributed by atoms with Crippen molar-refractivity contribution < 1.29 is 23.1 Å². The minimum atomic E-state index is -4.62. The molecule has 1 aromatic rings. The van der Waals surface area contributed by atoms with Crippen LogP contribution in [0, 0.1) is 6.92 Å². The lowest BCUT2D eigenvalue weighted by Gasteiger charge is -2.14. The van der Waals surface area contributed by atoms with Gasteiger partial charge >= 0.3 is 6.18 Å². The summed E-state index contributed by atoms with van der Waals surface area (Å²) in [5, 5.41) is 13.8. The Kier molecular flexibility index (Phi) is 3.32. The number of carboxylic acid groups (broad SMARTS) is 1. The van der Waals surface area contributed by atoms with Gasteiger partial charge in [0.15, 0.2) is 5.69 Å². The number of hydrogen-bond donors (Lipinski definition) is 0. The number of carboxylic acids is 1. The molecule has 1 aromatic heterocycles. The van der Waals surface area contributed by atoms with Crippen molar-refractivity contribution in [3.63, 3.8) is 0 Å². The minimum Gasteiger partial charge on any atom is -0.548 e. The third-order valence-electron chi connectivity index (χ3n) is 2.05. The molecule has 90 valence electrons. The van der Waals surface area contributed by atoms with Gasteiger partial charge in [-0.15, -0.1) is 0 Å². The van der Waals surface area contributed by atoms with E-state index < -0.39 is 23.9 Å². The Balaban J connectivity index is 3.30. The van der Waals surface area contributed by atoms with E-state index in [4.69, 9.17) is 0 Å². The van der Waals surface area contributed by atoms with E-state index in [1.54, 1.807) is 0 Å². The number of aromatic nitrogens is 2. The molecule has 16 heavy (non-hydrogen) atoms. The Hall–Kier alpha value is -1.05. The molecule has 0 aliphatic rings. The number of carbonyl (C=O) groups is 1. The molecule has 0 fully saturated rings. The lowest BCUT2D eigenvalue weighted by molar-refractivity contribution is -0.310. The van der Waals surface area contributed by atoms with Gasteiger partial charge in [-0.1, -0.05) is 0 Å². The van der Waals surface area contributed by atoms with Crippen LogP contribution in [0.15, 0.2) is 4.47 Å². The fraction of sp³-hybridized carbons (Fsp3) is 0.500. The first kappa shape index (κ1) is 13.0. The summed E-state index contributed by atoms with van der Waals surface area (Å²) >= 11 is 2.74. The van der Waals surface area contributed by atoms with Gasteiger partial charge < -0.3 is 9.90 Å². The van der Waals surface area contributed by atoms with Gasteiger partial charge in [0.25, 0.3) is 0 Å². The van der Waals surface area contributed by atoms with Crippen molar-refractivity contribution in [2.75, 3.05) is 0 Å². The standard InChI is InChI=1S/C8H8BrF3N2O2/c1-3-5(9)6(8(10,11)12)13-14(3)4(2)7(15)16/h4H,1-2H3,(H,15,16)/p-1/t4-/m1/s1. The number of aliphatic carboxylic acids is 1. The molecule has 0 N–H and O–H groups in total. The first-order valence-corrected chi connectivity index (χ1v) is 4.98. The molecule has 0 saturated carbocycles. The van der Waals surface area contributed by atoms with Crippen LogP contribution in [0.1, 0.15) is 24.4 Å². The minimum absolute atomic E-state index is 0.0871. The Labute approximate surface area is 97.2 Å². The van der Waals surface area contributed by atoms with Crippen LogP contribution in [0.5, 0.6) is 0 Å². The highest BCUT2D eigenvalue weighted by Crippen LogP contribution is 2.36. The summed E-state index contributed by atoms with van der Waals surface area (Å²) in [7, 11) is 0. The largest absolute Gasteiger partial charge is 0.548 e. The van der Waals surface area contributed by atoms with Gasteiger partial charge in [0.2, 0.25) is 0 Å². The van der Waals surface area contributed by atoms with Crippen LogP contribution in [0.3, 0.4) is 0 Å². The third-order valence-corrected chi connectivity index (χ3v) is 3.00. The van der Waals surface area contributed by atoms with Crippen LogP contribution in [-0.2, 0) is 11.0 Å². The molecule has 0 aromatic carbocycles. The topological polar surface area (TPSA) is 58.0 Å². The van der Waals surface area contributed by atoms with Crippen LogP contribution in [0.25, 0.3) is 0 Å². The van der Waals surface area contributed by atoms with E-state index in [9.17, 15) is 23.1 Å². The molecule has 0 amide bonds. The summed E-state index contributed by atoms with van der Waals surface area (Å²) in [6.07, 6.45) is -4.62. The lowest BCUT2D eigenvalue weighted by atomic mass is 10.3. The monoisotopic (exact) mass is 299 g/mol. The van der Waals surface area contributed by atoms with E-state index in [0.717, 1.165) is 4.68 Å². The van der Waals surface area contributed by atoms with Gasteiger partial charge in [0.1, 0.15) is 0 Å². The summed E-state index contributed by atoms with van der Waals surface area (Å²) in [5.74, 6) is -1.49. The molecule has 0 aliphatic heterocycles. The predicted octanol–water partition coefficient (Wildman–Crippen LogP) is 1.28. The lowest BCUT2D eigenvalue weighted by Crippen LogP contribution is -2.32. The predicted molar refractivity (Wildman–Crippen MR) is 49.4 cm³/mol. The van der Waals surface area contributed by atoms with Gasteiger partial charge in [0.05, 0.1) is 22.2 Å².